The zero-order valence-electron chi connectivity index (χ0n) is 11.4. The van der Waals surface area contributed by atoms with Crippen molar-refractivity contribution >= 4 is 16.0 Å². The molecule has 1 aromatic carbocycles. The Kier molecular flexibility index (Phi) is 4.81. The molecule has 0 unspecified atom stereocenters. The Morgan fingerprint density at radius 2 is 2.05 bits per heavy atom. The number of benzene rings is 1. The summed E-state index contributed by atoms with van der Waals surface area (Å²) in [5, 5.41) is 14.1. The van der Waals surface area contributed by atoms with Crippen LogP contribution in [0.15, 0.2) is 29.2 Å². The fourth-order valence-corrected chi connectivity index (χ4v) is 2.90. The minimum Gasteiger partial charge on any atom is -0.492 e. The average molecular weight is 314 g/mol. The van der Waals surface area contributed by atoms with Crippen LogP contribution in [0.3, 0.4) is 0 Å². The van der Waals surface area contributed by atoms with Crippen LogP contribution < -0.4 is 9.88 Å². The van der Waals surface area contributed by atoms with E-state index in [2.05, 4.69) is 0 Å². The number of nitrogens with two attached hydrogens (primary N) is 1. The molecule has 2 rings (SSSR count). The first kappa shape index (κ1) is 15.7. The number of sulfonamides is 1. The minimum atomic E-state index is -3.70. The molecule has 116 valence electrons. The van der Waals surface area contributed by atoms with Crippen molar-refractivity contribution in [2.24, 2.45) is 5.14 Å². The lowest BCUT2D eigenvalue weighted by molar-refractivity contribution is -0.142. The lowest BCUT2D eigenvalue weighted by Gasteiger charge is -2.20. The standard InChI is InChI=1S/C13H18N2O5S/c14-21(18,19)11-5-3-10(4-6-11)20-9-8-15-7-1-2-12(15)13(16)17/h3-6,12H,1-2,7-9H2,(H,16,17)(H2,14,18,19)/t12-/m0/s1. The van der Waals surface area contributed by atoms with Crippen LogP contribution >= 0.6 is 0 Å². The first-order valence-corrected chi connectivity index (χ1v) is 8.15. The van der Waals surface area contributed by atoms with Gasteiger partial charge in [-0.1, -0.05) is 0 Å². The average Bonchev–Trinajstić information content (AvgIpc) is 2.87. The molecule has 1 aliphatic heterocycles. The molecule has 1 atom stereocenters. The highest BCUT2D eigenvalue weighted by molar-refractivity contribution is 7.89. The molecule has 0 saturated carbocycles. The summed E-state index contributed by atoms with van der Waals surface area (Å²) in [5.41, 5.74) is 0. The number of primary sulfonamides is 1. The SMILES string of the molecule is NS(=O)(=O)c1ccc(OCCN2CCC[C@H]2C(=O)O)cc1. The number of carbonyl (C=O) groups is 1. The summed E-state index contributed by atoms with van der Waals surface area (Å²) in [6.07, 6.45) is 1.54. The molecule has 3 N–H and O–H groups in total. The molecular weight excluding hydrogens is 296 g/mol. The lowest BCUT2D eigenvalue weighted by Crippen LogP contribution is -2.38. The van der Waals surface area contributed by atoms with Gasteiger partial charge >= 0.3 is 5.97 Å². The predicted molar refractivity (Wildman–Crippen MR) is 75.5 cm³/mol. The molecule has 7 nitrogen and oxygen atoms in total. The Morgan fingerprint density at radius 3 is 2.62 bits per heavy atom. The van der Waals surface area contributed by atoms with Crippen molar-refractivity contribution in [1.82, 2.24) is 4.90 Å². The fraction of sp³-hybridized carbons (Fsp3) is 0.462. The first-order chi connectivity index (χ1) is 9.88. The molecule has 0 radical (unpaired) electrons. The van der Waals surface area contributed by atoms with Gasteiger partial charge in [0.1, 0.15) is 18.4 Å². The molecule has 1 fully saturated rings. The highest BCUT2D eigenvalue weighted by Crippen LogP contribution is 2.18. The maximum atomic E-state index is 11.1. The number of nitrogens with zero attached hydrogens (tertiary/aromatic N) is 1. The van der Waals surface area contributed by atoms with Crippen LogP contribution in [0.2, 0.25) is 0 Å². The third-order valence-corrected chi connectivity index (χ3v) is 4.38. The number of ether oxygens (including phenoxy) is 1. The molecule has 8 heteroatoms. The predicted octanol–water partition coefficient (Wildman–Crippen LogP) is 0.262. The van der Waals surface area contributed by atoms with Gasteiger partial charge in [-0.2, -0.15) is 0 Å². The van der Waals surface area contributed by atoms with E-state index in [1.54, 1.807) is 0 Å². The molecule has 1 aliphatic rings. The molecule has 21 heavy (non-hydrogen) atoms. The van der Waals surface area contributed by atoms with E-state index in [0.29, 0.717) is 25.3 Å². The van der Waals surface area contributed by atoms with Crippen LogP contribution in [0, 0.1) is 0 Å². The van der Waals surface area contributed by atoms with Crippen LogP contribution in [-0.2, 0) is 14.8 Å². The van der Waals surface area contributed by atoms with Crippen molar-refractivity contribution in [3.63, 3.8) is 0 Å². The van der Waals surface area contributed by atoms with Crippen LogP contribution in [0.5, 0.6) is 5.75 Å². The molecular formula is C13H18N2O5S. The summed E-state index contributed by atoms with van der Waals surface area (Å²) in [7, 11) is -3.70. The van der Waals surface area contributed by atoms with Crippen molar-refractivity contribution in [3.8, 4) is 5.75 Å². The number of aliphatic carboxylic acids is 1. The normalized spacial score (nSPS) is 19.6. The Bertz CT molecular complexity index is 599. The maximum absolute atomic E-state index is 11.1. The number of likely N-dealkylation sites (tertiary alicyclic amines) is 1. The summed E-state index contributed by atoms with van der Waals surface area (Å²) in [6.45, 7) is 1.62. The molecule has 0 aliphatic carbocycles. The quantitative estimate of drug-likeness (QED) is 0.779. The van der Waals surface area contributed by atoms with Crippen molar-refractivity contribution in [2.75, 3.05) is 19.7 Å². The van der Waals surface area contributed by atoms with E-state index in [4.69, 9.17) is 15.0 Å². The van der Waals surface area contributed by atoms with E-state index in [0.717, 1.165) is 13.0 Å². The first-order valence-electron chi connectivity index (χ1n) is 6.60. The van der Waals surface area contributed by atoms with Gasteiger partial charge in [-0.15, -0.1) is 0 Å². The highest BCUT2D eigenvalue weighted by atomic mass is 32.2. The third kappa shape index (κ3) is 4.16. The van der Waals surface area contributed by atoms with E-state index < -0.39 is 22.0 Å². The second-order valence-electron chi connectivity index (χ2n) is 4.90. The Morgan fingerprint density at radius 1 is 1.38 bits per heavy atom. The number of carboxylic acid groups (broad SMARTS) is 1. The monoisotopic (exact) mass is 314 g/mol. The Hall–Kier alpha value is -1.64. The molecule has 1 saturated heterocycles. The number of hydrogen-bond donors (Lipinski definition) is 2. The molecule has 0 bridgehead atoms. The summed E-state index contributed by atoms with van der Waals surface area (Å²) < 4.78 is 27.7. The number of hydrogen-bond acceptors (Lipinski definition) is 5. The largest absolute Gasteiger partial charge is 0.492 e. The van der Waals surface area contributed by atoms with Crippen molar-refractivity contribution in [1.29, 1.82) is 0 Å². The molecule has 0 amide bonds. The second-order valence-corrected chi connectivity index (χ2v) is 6.46. The Labute approximate surface area is 123 Å². The van der Waals surface area contributed by atoms with Crippen LogP contribution in [-0.4, -0.2) is 50.1 Å². The zero-order chi connectivity index (χ0) is 15.5. The van der Waals surface area contributed by atoms with Gasteiger partial charge in [0, 0.05) is 6.54 Å². The number of rotatable bonds is 6. The lowest BCUT2D eigenvalue weighted by atomic mass is 10.2. The third-order valence-electron chi connectivity index (χ3n) is 3.45. The van der Waals surface area contributed by atoms with E-state index in [1.165, 1.54) is 24.3 Å². The molecule has 1 aromatic rings. The summed E-state index contributed by atoms with van der Waals surface area (Å²) >= 11 is 0. The summed E-state index contributed by atoms with van der Waals surface area (Å²) in [4.78, 5) is 12.9. The minimum absolute atomic E-state index is 0.0281. The van der Waals surface area contributed by atoms with E-state index in [9.17, 15) is 13.2 Å². The zero-order valence-corrected chi connectivity index (χ0v) is 12.3. The second kappa shape index (κ2) is 6.42. The van der Waals surface area contributed by atoms with E-state index in [-0.39, 0.29) is 4.90 Å². The van der Waals surface area contributed by atoms with Crippen LogP contribution in [0.1, 0.15) is 12.8 Å². The highest BCUT2D eigenvalue weighted by Gasteiger charge is 2.29. The van der Waals surface area contributed by atoms with Gasteiger partial charge < -0.3 is 9.84 Å². The van der Waals surface area contributed by atoms with Gasteiger partial charge in [-0.3, -0.25) is 9.69 Å². The smallest absolute Gasteiger partial charge is 0.320 e. The van der Waals surface area contributed by atoms with Gasteiger partial charge in [0.15, 0.2) is 0 Å². The van der Waals surface area contributed by atoms with Gasteiger partial charge in [0.05, 0.1) is 4.90 Å². The topological polar surface area (TPSA) is 110 Å². The van der Waals surface area contributed by atoms with Gasteiger partial charge in [-0.05, 0) is 43.7 Å². The fourth-order valence-electron chi connectivity index (χ4n) is 2.38. The van der Waals surface area contributed by atoms with E-state index in [1.807, 2.05) is 4.90 Å². The Balaban J connectivity index is 1.85. The summed E-state index contributed by atoms with van der Waals surface area (Å²) in [5.74, 6) is -0.279. The number of carboxylic acids is 1. The maximum Gasteiger partial charge on any atom is 0.320 e. The van der Waals surface area contributed by atoms with Crippen LogP contribution in [0.4, 0.5) is 0 Å². The van der Waals surface area contributed by atoms with Crippen molar-refractivity contribution < 1.29 is 23.1 Å². The molecule has 1 heterocycles. The van der Waals surface area contributed by atoms with E-state index >= 15 is 0 Å². The van der Waals surface area contributed by atoms with Crippen molar-refractivity contribution in [3.05, 3.63) is 24.3 Å². The summed E-state index contributed by atoms with van der Waals surface area (Å²) in [6, 6.07) is 5.37. The van der Waals surface area contributed by atoms with Gasteiger partial charge in [0.2, 0.25) is 10.0 Å². The molecule has 0 aromatic heterocycles. The molecule has 0 spiro atoms. The van der Waals surface area contributed by atoms with Crippen LogP contribution in [0.25, 0.3) is 0 Å². The van der Waals surface area contributed by atoms with Gasteiger partial charge in [-0.25, -0.2) is 13.6 Å². The van der Waals surface area contributed by atoms with Crippen molar-refractivity contribution in [2.45, 2.75) is 23.8 Å². The van der Waals surface area contributed by atoms with Gasteiger partial charge in [0.25, 0.3) is 0 Å².